The summed E-state index contributed by atoms with van der Waals surface area (Å²) in [4.78, 5) is 16.3. The van der Waals surface area contributed by atoms with Crippen LogP contribution in [-0.4, -0.2) is 60.1 Å². The maximum Gasteiger partial charge on any atom is 0.257 e. The van der Waals surface area contributed by atoms with Crippen LogP contribution in [0.25, 0.3) is 0 Å². The Morgan fingerprint density at radius 1 is 1.55 bits per heavy atom. The van der Waals surface area contributed by atoms with E-state index in [-0.39, 0.29) is 11.9 Å². The molecule has 1 saturated heterocycles. The molecule has 3 N–H and O–H groups in total. The van der Waals surface area contributed by atoms with Crippen LogP contribution in [0.4, 0.5) is 5.69 Å². The Kier molecular flexibility index (Phi) is 4.52. The van der Waals surface area contributed by atoms with Crippen LogP contribution in [0, 0.1) is 0 Å². The lowest BCUT2D eigenvalue weighted by molar-refractivity contribution is 0.0700. The van der Waals surface area contributed by atoms with Crippen LogP contribution in [0.5, 0.6) is 0 Å². The molecule has 0 saturated carbocycles. The molecule has 1 amide bonds. The van der Waals surface area contributed by atoms with Crippen LogP contribution in [0.15, 0.2) is 18.2 Å². The topological polar surface area (TPSA) is 69.8 Å². The highest BCUT2D eigenvalue weighted by Gasteiger charge is 2.36. The molecule has 2 atom stereocenters. The Morgan fingerprint density at radius 2 is 2.25 bits per heavy atom. The van der Waals surface area contributed by atoms with E-state index < -0.39 is 6.10 Å². The van der Waals surface area contributed by atoms with Gasteiger partial charge in [0.2, 0.25) is 0 Å². The third-order valence-corrected chi connectivity index (χ3v) is 3.80. The van der Waals surface area contributed by atoms with E-state index in [1.54, 1.807) is 23.1 Å². The van der Waals surface area contributed by atoms with E-state index in [0.29, 0.717) is 35.8 Å². The van der Waals surface area contributed by atoms with Gasteiger partial charge in [0.05, 0.1) is 16.7 Å². The number of amides is 1. The molecule has 2 unspecified atom stereocenters. The molecule has 1 aliphatic rings. The molecule has 1 aromatic carbocycles. The number of nitrogens with two attached hydrogens (primary N) is 1. The number of nitrogens with zero attached hydrogens (tertiary/aromatic N) is 2. The number of likely N-dealkylation sites (N-methyl/N-ethyl adjacent to an activating group) is 1. The van der Waals surface area contributed by atoms with Crippen molar-refractivity contribution in [2.75, 3.05) is 32.9 Å². The molecule has 2 rings (SSSR count). The summed E-state index contributed by atoms with van der Waals surface area (Å²) in [5.41, 5.74) is 6.56. The minimum Gasteiger partial charge on any atom is -0.398 e. The number of aliphatic hydroxyl groups is 1. The van der Waals surface area contributed by atoms with Crippen LogP contribution in [0.1, 0.15) is 16.8 Å². The number of hydrogen-bond acceptors (Lipinski definition) is 4. The molecule has 6 heteroatoms. The first-order chi connectivity index (χ1) is 9.40. The summed E-state index contributed by atoms with van der Waals surface area (Å²) in [6.07, 6.45) is 0.0847. The van der Waals surface area contributed by atoms with Crippen LogP contribution in [0.2, 0.25) is 5.02 Å². The molecular weight excluding hydrogens is 278 g/mol. The van der Waals surface area contributed by atoms with Crippen molar-refractivity contribution in [3.8, 4) is 0 Å². The van der Waals surface area contributed by atoms with Crippen molar-refractivity contribution in [1.29, 1.82) is 0 Å². The number of aliphatic hydroxyl groups excluding tert-OH is 1. The standard InChI is InChI=1S/C14H20ClN3O2/c1-17(2)7-9-6-10(19)8-18(9)14(20)13-11(15)4-3-5-12(13)16/h3-5,9-10,19H,6-8,16H2,1-2H3. The van der Waals surface area contributed by atoms with Crippen molar-refractivity contribution in [3.05, 3.63) is 28.8 Å². The second-order valence-corrected chi connectivity index (χ2v) is 5.87. The lowest BCUT2D eigenvalue weighted by Crippen LogP contribution is -2.41. The smallest absolute Gasteiger partial charge is 0.257 e. The molecule has 20 heavy (non-hydrogen) atoms. The molecule has 0 aliphatic carbocycles. The van der Waals surface area contributed by atoms with Gasteiger partial charge in [0.1, 0.15) is 0 Å². The van der Waals surface area contributed by atoms with Gasteiger partial charge in [-0.25, -0.2) is 0 Å². The van der Waals surface area contributed by atoms with Gasteiger partial charge < -0.3 is 20.6 Å². The SMILES string of the molecule is CN(C)CC1CC(O)CN1C(=O)c1c(N)cccc1Cl. The quantitative estimate of drug-likeness (QED) is 0.819. The van der Waals surface area contributed by atoms with Crippen LogP contribution >= 0.6 is 11.6 Å². The number of rotatable bonds is 3. The van der Waals surface area contributed by atoms with E-state index in [4.69, 9.17) is 17.3 Å². The average Bonchev–Trinajstić information content (AvgIpc) is 2.68. The van der Waals surface area contributed by atoms with Gasteiger partial charge in [0.15, 0.2) is 0 Å². The number of carbonyl (C=O) groups excluding carboxylic acids is 1. The third-order valence-electron chi connectivity index (χ3n) is 3.49. The van der Waals surface area contributed by atoms with Crippen LogP contribution < -0.4 is 5.73 Å². The highest BCUT2D eigenvalue weighted by molar-refractivity contribution is 6.34. The fourth-order valence-corrected chi connectivity index (χ4v) is 2.91. The molecule has 0 bridgehead atoms. The van der Waals surface area contributed by atoms with Crippen LogP contribution in [-0.2, 0) is 0 Å². The first-order valence-corrected chi connectivity index (χ1v) is 6.95. The number of anilines is 1. The van der Waals surface area contributed by atoms with Crippen molar-refractivity contribution in [2.24, 2.45) is 0 Å². The fourth-order valence-electron chi connectivity index (χ4n) is 2.65. The monoisotopic (exact) mass is 297 g/mol. The highest BCUT2D eigenvalue weighted by Crippen LogP contribution is 2.27. The van der Waals surface area contributed by atoms with E-state index >= 15 is 0 Å². The summed E-state index contributed by atoms with van der Waals surface area (Å²) in [5.74, 6) is -0.212. The number of hydrogen-bond donors (Lipinski definition) is 2. The molecule has 5 nitrogen and oxygen atoms in total. The molecule has 110 valence electrons. The normalized spacial score (nSPS) is 22.6. The number of nitrogen functional groups attached to an aromatic ring is 1. The third kappa shape index (κ3) is 3.06. The van der Waals surface area contributed by atoms with Gasteiger partial charge in [-0.15, -0.1) is 0 Å². The summed E-state index contributed by atoms with van der Waals surface area (Å²) >= 11 is 6.09. The zero-order chi connectivity index (χ0) is 14.9. The van der Waals surface area contributed by atoms with Crippen molar-refractivity contribution in [2.45, 2.75) is 18.6 Å². The molecule has 1 fully saturated rings. The first kappa shape index (κ1) is 15.1. The number of halogens is 1. The summed E-state index contributed by atoms with van der Waals surface area (Å²) in [6, 6.07) is 5.00. The predicted octanol–water partition coefficient (Wildman–Crippen LogP) is 1.06. The van der Waals surface area contributed by atoms with E-state index in [2.05, 4.69) is 0 Å². The summed E-state index contributed by atoms with van der Waals surface area (Å²) in [7, 11) is 3.88. The van der Waals surface area contributed by atoms with E-state index in [1.165, 1.54) is 0 Å². The predicted molar refractivity (Wildman–Crippen MR) is 79.9 cm³/mol. The molecule has 1 aliphatic heterocycles. The minimum atomic E-state index is -0.493. The fraction of sp³-hybridized carbons (Fsp3) is 0.500. The highest BCUT2D eigenvalue weighted by atomic mass is 35.5. The molecule has 1 heterocycles. The number of carbonyl (C=O) groups is 1. The van der Waals surface area contributed by atoms with Gasteiger partial charge in [-0.05, 0) is 32.6 Å². The Balaban J connectivity index is 2.27. The van der Waals surface area contributed by atoms with Crippen LogP contribution in [0.3, 0.4) is 0 Å². The molecule has 0 aromatic heterocycles. The maximum atomic E-state index is 12.7. The average molecular weight is 298 g/mol. The lowest BCUT2D eigenvalue weighted by Gasteiger charge is -2.27. The van der Waals surface area contributed by atoms with Gasteiger partial charge in [-0.1, -0.05) is 17.7 Å². The first-order valence-electron chi connectivity index (χ1n) is 6.58. The van der Waals surface area contributed by atoms with E-state index in [9.17, 15) is 9.90 Å². The zero-order valence-corrected chi connectivity index (χ0v) is 12.5. The maximum absolute atomic E-state index is 12.7. The van der Waals surface area contributed by atoms with Gasteiger partial charge in [-0.2, -0.15) is 0 Å². The summed E-state index contributed by atoms with van der Waals surface area (Å²) in [5, 5.41) is 10.2. The van der Waals surface area contributed by atoms with Crippen molar-refractivity contribution < 1.29 is 9.90 Å². The van der Waals surface area contributed by atoms with Gasteiger partial charge in [0.25, 0.3) is 5.91 Å². The number of β-amino-alcohol motifs (C(OH)–C–C–N with tert-alkyl or cyclic N) is 1. The minimum absolute atomic E-state index is 0.0248. The summed E-state index contributed by atoms with van der Waals surface area (Å²) < 4.78 is 0. The Morgan fingerprint density at radius 3 is 2.85 bits per heavy atom. The molecule has 1 aromatic rings. The number of likely N-dealkylation sites (tertiary alicyclic amines) is 1. The molecule has 0 radical (unpaired) electrons. The largest absolute Gasteiger partial charge is 0.398 e. The lowest BCUT2D eigenvalue weighted by atomic mass is 10.1. The summed E-state index contributed by atoms with van der Waals surface area (Å²) in [6.45, 7) is 1.02. The van der Waals surface area contributed by atoms with Crippen molar-refractivity contribution >= 4 is 23.2 Å². The Hall–Kier alpha value is -1.30. The molecule has 0 spiro atoms. The van der Waals surface area contributed by atoms with E-state index in [0.717, 1.165) is 0 Å². The molecular formula is C14H20ClN3O2. The second kappa shape index (κ2) is 5.99. The van der Waals surface area contributed by atoms with Gasteiger partial charge >= 0.3 is 0 Å². The van der Waals surface area contributed by atoms with E-state index in [1.807, 2.05) is 19.0 Å². The van der Waals surface area contributed by atoms with Crippen molar-refractivity contribution in [3.63, 3.8) is 0 Å². The van der Waals surface area contributed by atoms with Crippen molar-refractivity contribution in [1.82, 2.24) is 9.80 Å². The second-order valence-electron chi connectivity index (χ2n) is 5.47. The Bertz CT molecular complexity index is 487. The number of benzene rings is 1. The zero-order valence-electron chi connectivity index (χ0n) is 11.7. The Labute approximate surface area is 123 Å². The van der Waals surface area contributed by atoms with Gasteiger partial charge in [0, 0.05) is 24.8 Å². The van der Waals surface area contributed by atoms with Gasteiger partial charge in [-0.3, -0.25) is 4.79 Å².